The van der Waals surface area contributed by atoms with Gasteiger partial charge in [-0.3, -0.25) is 25.2 Å². The zero-order valence-electron chi connectivity index (χ0n) is 16.2. The van der Waals surface area contributed by atoms with Crippen molar-refractivity contribution < 1.29 is 14.4 Å². The number of benzene rings is 1. The number of amides is 3. The van der Waals surface area contributed by atoms with Crippen LogP contribution in [-0.2, 0) is 4.79 Å². The predicted octanol–water partition coefficient (Wildman–Crippen LogP) is 3.68. The number of hydrogen-bond acceptors (Lipinski definition) is 5. The van der Waals surface area contributed by atoms with Crippen molar-refractivity contribution in [2.75, 3.05) is 5.32 Å². The molecule has 0 aliphatic heterocycles. The molecule has 0 fully saturated rings. The van der Waals surface area contributed by atoms with Crippen LogP contribution in [0, 0.1) is 6.92 Å². The average Bonchev–Trinajstić information content (AvgIpc) is 3.09. The van der Waals surface area contributed by atoms with Crippen LogP contribution in [0.25, 0.3) is 5.82 Å². The van der Waals surface area contributed by atoms with Crippen LogP contribution >= 0.6 is 39.1 Å². The number of aromatic nitrogens is 3. The Bertz CT molecular complexity index is 1200. The first-order chi connectivity index (χ1) is 14.7. The topological polar surface area (TPSA) is 118 Å². The fraction of sp³-hybridized carbons (Fsp3) is 0.105. The molecule has 0 bridgehead atoms. The third kappa shape index (κ3) is 5.22. The van der Waals surface area contributed by atoms with Gasteiger partial charge in [0.1, 0.15) is 10.3 Å². The van der Waals surface area contributed by atoms with E-state index >= 15 is 0 Å². The van der Waals surface area contributed by atoms with E-state index < -0.39 is 17.7 Å². The molecule has 0 atom stereocenters. The molecule has 0 saturated heterocycles. The summed E-state index contributed by atoms with van der Waals surface area (Å²) in [6.45, 7) is 2.92. The molecule has 9 nitrogen and oxygen atoms in total. The summed E-state index contributed by atoms with van der Waals surface area (Å²) in [6, 6.07) is 7.73. The molecule has 31 heavy (non-hydrogen) atoms. The van der Waals surface area contributed by atoms with E-state index in [-0.39, 0.29) is 27.8 Å². The van der Waals surface area contributed by atoms with Crippen LogP contribution in [-0.4, -0.2) is 32.5 Å². The van der Waals surface area contributed by atoms with Crippen molar-refractivity contribution in [3.63, 3.8) is 0 Å². The lowest BCUT2D eigenvalue weighted by Crippen LogP contribution is -2.40. The molecule has 3 amide bonds. The van der Waals surface area contributed by atoms with Gasteiger partial charge < -0.3 is 5.32 Å². The molecule has 0 spiro atoms. The van der Waals surface area contributed by atoms with Gasteiger partial charge in [0.15, 0.2) is 5.82 Å². The molecule has 12 heteroatoms. The van der Waals surface area contributed by atoms with Crippen molar-refractivity contribution in [1.82, 2.24) is 25.6 Å². The van der Waals surface area contributed by atoms with Crippen molar-refractivity contribution in [3.05, 3.63) is 68.0 Å². The second kappa shape index (κ2) is 9.46. The summed E-state index contributed by atoms with van der Waals surface area (Å²) in [6.07, 6.45) is 1.52. The van der Waals surface area contributed by atoms with Gasteiger partial charge in [-0.2, -0.15) is 5.10 Å². The Morgan fingerprint density at radius 1 is 1.10 bits per heavy atom. The SMILES string of the molecule is CC(=O)NNC(=O)c1cc(Cl)cc(C)c1NC(=O)c1cc(Br)nn1-c1ncccc1Cl. The highest BCUT2D eigenvalue weighted by Gasteiger charge is 2.22. The standard InChI is InChI=1S/C19H15BrCl2N6O3/c1-9-6-11(21)7-12(18(30)26-25-10(2)29)16(9)24-19(31)14-8-15(20)27-28(14)17-13(22)4-3-5-23-17/h3-8H,1-2H3,(H,24,31)(H,25,29)(H,26,30). The van der Waals surface area contributed by atoms with E-state index in [4.69, 9.17) is 23.2 Å². The highest BCUT2D eigenvalue weighted by Crippen LogP contribution is 2.27. The Kier molecular flexibility index (Phi) is 6.94. The van der Waals surface area contributed by atoms with E-state index in [1.165, 1.54) is 29.9 Å². The fourth-order valence-electron chi connectivity index (χ4n) is 2.69. The monoisotopic (exact) mass is 524 g/mol. The van der Waals surface area contributed by atoms with E-state index in [0.29, 0.717) is 15.2 Å². The number of rotatable bonds is 4. The minimum absolute atomic E-state index is 0.0631. The lowest BCUT2D eigenvalue weighted by molar-refractivity contribution is -0.119. The molecular weight excluding hydrogens is 511 g/mol. The van der Waals surface area contributed by atoms with Crippen molar-refractivity contribution in [2.24, 2.45) is 0 Å². The smallest absolute Gasteiger partial charge is 0.274 e. The number of pyridine rings is 1. The van der Waals surface area contributed by atoms with Crippen LogP contribution in [0.2, 0.25) is 10.0 Å². The molecule has 2 aromatic heterocycles. The first kappa shape index (κ1) is 22.7. The molecule has 0 saturated carbocycles. The number of anilines is 1. The van der Waals surface area contributed by atoms with E-state index in [9.17, 15) is 14.4 Å². The summed E-state index contributed by atoms with van der Waals surface area (Å²) >= 11 is 15.5. The van der Waals surface area contributed by atoms with E-state index in [1.807, 2.05) is 0 Å². The van der Waals surface area contributed by atoms with E-state index in [1.54, 1.807) is 25.1 Å². The minimum atomic E-state index is -0.654. The molecular formula is C19H15BrCl2N6O3. The van der Waals surface area contributed by atoms with Gasteiger partial charge in [0, 0.05) is 24.2 Å². The summed E-state index contributed by atoms with van der Waals surface area (Å²) in [5, 5.41) is 7.52. The summed E-state index contributed by atoms with van der Waals surface area (Å²) < 4.78 is 1.67. The highest BCUT2D eigenvalue weighted by atomic mass is 79.9. The number of nitrogens with one attached hydrogen (secondary N) is 3. The lowest BCUT2D eigenvalue weighted by Gasteiger charge is -2.15. The fourth-order valence-corrected chi connectivity index (χ4v) is 3.54. The first-order valence-electron chi connectivity index (χ1n) is 8.72. The molecule has 1 aromatic carbocycles. The van der Waals surface area contributed by atoms with Crippen molar-refractivity contribution in [2.45, 2.75) is 13.8 Å². The van der Waals surface area contributed by atoms with Gasteiger partial charge >= 0.3 is 0 Å². The van der Waals surface area contributed by atoms with Crippen molar-refractivity contribution in [1.29, 1.82) is 0 Å². The summed E-state index contributed by atoms with van der Waals surface area (Å²) in [5.41, 5.74) is 5.39. The quantitative estimate of drug-likeness (QED) is 0.449. The van der Waals surface area contributed by atoms with Gasteiger partial charge in [-0.25, -0.2) is 9.67 Å². The Labute approximate surface area is 195 Å². The van der Waals surface area contributed by atoms with Crippen LogP contribution in [0.5, 0.6) is 0 Å². The third-order valence-corrected chi connectivity index (χ3v) is 4.89. The Hall–Kier alpha value is -2.95. The van der Waals surface area contributed by atoms with Gasteiger partial charge in [0.25, 0.3) is 11.8 Å². The number of aryl methyl sites for hydroxylation is 1. The Balaban J connectivity index is 1.99. The minimum Gasteiger partial charge on any atom is -0.320 e. The zero-order valence-corrected chi connectivity index (χ0v) is 19.3. The van der Waals surface area contributed by atoms with Crippen LogP contribution in [0.15, 0.2) is 41.1 Å². The average molecular weight is 526 g/mol. The number of nitrogens with zero attached hydrogens (tertiary/aromatic N) is 3. The maximum Gasteiger partial charge on any atom is 0.274 e. The molecule has 3 N–H and O–H groups in total. The van der Waals surface area contributed by atoms with E-state index in [2.05, 4.69) is 42.2 Å². The molecule has 0 aliphatic carbocycles. The normalized spacial score (nSPS) is 10.5. The molecule has 3 aromatic rings. The Morgan fingerprint density at radius 2 is 1.84 bits per heavy atom. The van der Waals surface area contributed by atoms with Gasteiger partial charge in [0.05, 0.1) is 16.3 Å². The van der Waals surface area contributed by atoms with Crippen LogP contribution in [0.1, 0.15) is 33.3 Å². The molecule has 0 aliphatic rings. The van der Waals surface area contributed by atoms with Crippen LogP contribution < -0.4 is 16.2 Å². The summed E-state index contributed by atoms with van der Waals surface area (Å²) in [7, 11) is 0. The van der Waals surface area contributed by atoms with Crippen LogP contribution in [0.3, 0.4) is 0 Å². The van der Waals surface area contributed by atoms with Gasteiger partial charge in [-0.15, -0.1) is 0 Å². The number of hydrogen-bond donors (Lipinski definition) is 3. The lowest BCUT2D eigenvalue weighted by atomic mass is 10.1. The first-order valence-corrected chi connectivity index (χ1v) is 10.3. The van der Waals surface area contributed by atoms with Crippen molar-refractivity contribution in [3.8, 4) is 5.82 Å². The van der Waals surface area contributed by atoms with Gasteiger partial charge in [-0.1, -0.05) is 23.2 Å². The van der Waals surface area contributed by atoms with Crippen molar-refractivity contribution >= 4 is 62.5 Å². The third-order valence-electron chi connectivity index (χ3n) is 3.99. The maximum absolute atomic E-state index is 13.1. The molecule has 2 heterocycles. The number of carbonyl (C=O) groups excluding carboxylic acids is 3. The van der Waals surface area contributed by atoms with Gasteiger partial charge in [0.2, 0.25) is 5.91 Å². The summed E-state index contributed by atoms with van der Waals surface area (Å²) in [5.74, 6) is -1.42. The predicted molar refractivity (Wildman–Crippen MR) is 119 cm³/mol. The second-order valence-electron chi connectivity index (χ2n) is 6.31. The number of halogens is 3. The highest BCUT2D eigenvalue weighted by molar-refractivity contribution is 9.10. The second-order valence-corrected chi connectivity index (χ2v) is 7.96. The van der Waals surface area contributed by atoms with Crippen LogP contribution in [0.4, 0.5) is 5.69 Å². The molecule has 3 rings (SSSR count). The number of carbonyl (C=O) groups is 3. The maximum atomic E-state index is 13.1. The zero-order chi connectivity index (χ0) is 22.7. The molecule has 0 unspecified atom stereocenters. The molecule has 160 valence electrons. The van der Waals surface area contributed by atoms with E-state index in [0.717, 1.165) is 0 Å². The molecule has 0 radical (unpaired) electrons. The Morgan fingerprint density at radius 3 is 2.52 bits per heavy atom. The largest absolute Gasteiger partial charge is 0.320 e. The van der Waals surface area contributed by atoms with Gasteiger partial charge in [-0.05, 0) is 52.7 Å². The number of hydrazine groups is 1. The summed E-state index contributed by atoms with van der Waals surface area (Å²) in [4.78, 5) is 40.9.